The second-order valence-corrected chi connectivity index (χ2v) is 8.18. The minimum atomic E-state index is 0.683. The number of hydrogen-bond acceptors (Lipinski definition) is 8. The molecule has 0 atom stereocenters. The fourth-order valence-electron chi connectivity index (χ4n) is 4.09. The number of methoxy groups -OCH3 is 1. The van der Waals surface area contributed by atoms with Gasteiger partial charge in [0.25, 0.3) is 0 Å². The third-order valence-electron chi connectivity index (χ3n) is 5.80. The highest BCUT2D eigenvalue weighted by Gasteiger charge is 2.19. The van der Waals surface area contributed by atoms with Crippen molar-refractivity contribution in [2.45, 2.75) is 26.3 Å². The predicted octanol–water partition coefficient (Wildman–Crippen LogP) is 2.83. The highest BCUT2D eigenvalue weighted by Crippen LogP contribution is 2.28. The highest BCUT2D eigenvalue weighted by atomic mass is 16.5. The number of para-hydroxylation sites is 2. The Balaban J connectivity index is 1.13. The Labute approximate surface area is 190 Å². The van der Waals surface area contributed by atoms with Crippen LogP contribution in [0, 0.1) is 0 Å². The number of benzene rings is 2. The van der Waals surface area contributed by atoms with Crippen molar-refractivity contribution in [3.05, 3.63) is 54.1 Å². The molecule has 1 saturated heterocycles. The summed E-state index contributed by atoms with van der Waals surface area (Å²) < 4.78 is 11.5. The van der Waals surface area contributed by atoms with Gasteiger partial charge in [-0.15, -0.1) is 10.6 Å². The number of nitrogens with zero attached hydrogens (tertiary/aromatic N) is 4. The van der Waals surface area contributed by atoms with Crippen molar-refractivity contribution in [3.63, 3.8) is 0 Å². The first-order valence-corrected chi connectivity index (χ1v) is 11.4. The van der Waals surface area contributed by atoms with Gasteiger partial charge in [-0.05, 0) is 56.1 Å². The fourth-order valence-corrected chi connectivity index (χ4v) is 4.09. The molecule has 0 bridgehead atoms. The molecule has 0 amide bonds. The summed E-state index contributed by atoms with van der Waals surface area (Å²) in [7, 11) is 1.74. The molecular formula is C24H34N6O2. The molecule has 0 radical (unpaired) electrons. The summed E-state index contributed by atoms with van der Waals surface area (Å²) >= 11 is 0. The van der Waals surface area contributed by atoms with Gasteiger partial charge in [0.2, 0.25) is 0 Å². The maximum atomic E-state index is 5.99. The smallest absolute Gasteiger partial charge is 0.142 e. The van der Waals surface area contributed by atoms with Crippen molar-refractivity contribution in [3.8, 4) is 11.5 Å². The van der Waals surface area contributed by atoms with Gasteiger partial charge >= 0.3 is 0 Å². The van der Waals surface area contributed by atoms with Crippen molar-refractivity contribution >= 4 is 11.5 Å². The molecule has 172 valence electrons. The summed E-state index contributed by atoms with van der Waals surface area (Å²) in [6, 6.07) is 16.5. The second-order valence-electron chi connectivity index (χ2n) is 8.18. The van der Waals surface area contributed by atoms with Gasteiger partial charge in [-0.1, -0.05) is 24.3 Å². The first kappa shape index (κ1) is 22.2. The van der Waals surface area contributed by atoms with Crippen LogP contribution in [0.25, 0.3) is 0 Å². The van der Waals surface area contributed by atoms with E-state index < -0.39 is 0 Å². The van der Waals surface area contributed by atoms with Crippen LogP contribution in [-0.2, 0) is 6.54 Å². The maximum Gasteiger partial charge on any atom is 0.142 e. The van der Waals surface area contributed by atoms with Gasteiger partial charge in [-0.3, -0.25) is 10.3 Å². The normalized spacial score (nSPS) is 16.6. The Bertz CT molecular complexity index is 898. The van der Waals surface area contributed by atoms with Gasteiger partial charge < -0.3 is 14.4 Å². The first-order chi connectivity index (χ1) is 15.7. The molecular weight excluding hydrogens is 404 g/mol. The first-order valence-electron chi connectivity index (χ1n) is 11.4. The number of piperazine rings is 1. The SMILES string of the molecule is COc1ccccc1N1CCN(CCCCOc2cccc(CN3N=C(C)NN3)c2)CC1. The fraction of sp³-hybridized carbons (Fsp3) is 0.458. The predicted molar refractivity (Wildman–Crippen MR) is 128 cm³/mol. The number of rotatable bonds is 10. The van der Waals surface area contributed by atoms with Gasteiger partial charge in [0, 0.05) is 26.2 Å². The third kappa shape index (κ3) is 6.05. The third-order valence-corrected chi connectivity index (χ3v) is 5.80. The highest BCUT2D eigenvalue weighted by molar-refractivity contribution is 5.79. The molecule has 32 heavy (non-hydrogen) atoms. The number of amidine groups is 1. The molecule has 0 saturated carbocycles. The van der Waals surface area contributed by atoms with Crippen LogP contribution in [0.3, 0.4) is 0 Å². The van der Waals surface area contributed by atoms with Gasteiger partial charge in [0.1, 0.15) is 17.3 Å². The molecule has 0 aromatic heterocycles. The zero-order chi connectivity index (χ0) is 22.2. The summed E-state index contributed by atoms with van der Waals surface area (Å²) in [6.45, 7) is 8.71. The summed E-state index contributed by atoms with van der Waals surface area (Å²) in [5, 5.41) is 6.13. The van der Waals surface area contributed by atoms with Crippen LogP contribution in [0.4, 0.5) is 5.69 Å². The van der Waals surface area contributed by atoms with E-state index in [-0.39, 0.29) is 0 Å². The van der Waals surface area contributed by atoms with E-state index in [1.54, 1.807) is 12.2 Å². The minimum Gasteiger partial charge on any atom is -0.495 e. The molecule has 1 fully saturated rings. The largest absolute Gasteiger partial charge is 0.495 e. The van der Waals surface area contributed by atoms with Crippen molar-refractivity contribution in [1.29, 1.82) is 0 Å². The lowest BCUT2D eigenvalue weighted by Crippen LogP contribution is -2.46. The number of anilines is 1. The molecule has 2 aromatic carbocycles. The van der Waals surface area contributed by atoms with Crippen molar-refractivity contribution in [2.75, 3.05) is 51.3 Å². The van der Waals surface area contributed by atoms with Crippen LogP contribution >= 0.6 is 0 Å². The summed E-state index contributed by atoms with van der Waals surface area (Å²) in [4.78, 5) is 4.97. The zero-order valence-electron chi connectivity index (χ0n) is 19.1. The molecule has 2 aromatic rings. The molecule has 2 aliphatic rings. The van der Waals surface area contributed by atoms with Crippen LogP contribution in [-0.4, -0.2) is 62.3 Å². The Morgan fingerprint density at radius 1 is 1.00 bits per heavy atom. The van der Waals surface area contributed by atoms with E-state index in [2.05, 4.69) is 50.1 Å². The van der Waals surface area contributed by atoms with E-state index in [4.69, 9.17) is 9.47 Å². The van der Waals surface area contributed by atoms with E-state index in [1.165, 1.54) is 5.69 Å². The number of hydrogen-bond donors (Lipinski definition) is 2. The lowest BCUT2D eigenvalue weighted by Gasteiger charge is -2.36. The maximum absolute atomic E-state index is 5.99. The molecule has 8 heteroatoms. The quantitative estimate of drug-likeness (QED) is 0.553. The number of nitrogens with one attached hydrogen (secondary N) is 2. The Morgan fingerprint density at radius 3 is 2.62 bits per heavy atom. The molecule has 2 aliphatic heterocycles. The topological polar surface area (TPSA) is 64.6 Å². The van der Waals surface area contributed by atoms with E-state index >= 15 is 0 Å². The van der Waals surface area contributed by atoms with E-state index in [0.717, 1.165) is 75.1 Å². The average molecular weight is 439 g/mol. The number of unbranched alkanes of at least 4 members (excludes halogenated alkanes) is 1. The van der Waals surface area contributed by atoms with Crippen LogP contribution in [0.2, 0.25) is 0 Å². The minimum absolute atomic E-state index is 0.683. The zero-order valence-corrected chi connectivity index (χ0v) is 19.1. The van der Waals surface area contributed by atoms with E-state index in [1.807, 2.05) is 31.2 Å². The number of hydrazone groups is 1. The molecule has 8 nitrogen and oxygen atoms in total. The van der Waals surface area contributed by atoms with Crippen molar-refractivity contribution in [1.82, 2.24) is 21.0 Å². The summed E-state index contributed by atoms with van der Waals surface area (Å²) in [5.74, 6) is 2.73. The molecule has 2 N–H and O–H groups in total. The monoisotopic (exact) mass is 438 g/mol. The van der Waals surface area contributed by atoms with Crippen LogP contribution in [0.15, 0.2) is 53.6 Å². The number of ether oxygens (including phenoxy) is 2. The van der Waals surface area contributed by atoms with Gasteiger partial charge in [0.15, 0.2) is 0 Å². The van der Waals surface area contributed by atoms with Crippen molar-refractivity contribution in [2.24, 2.45) is 5.10 Å². The lowest BCUT2D eigenvalue weighted by atomic mass is 10.2. The molecule has 0 spiro atoms. The van der Waals surface area contributed by atoms with Crippen LogP contribution < -0.4 is 25.3 Å². The molecule has 2 heterocycles. The number of hydrazine groups is 2. The standard InChI is InChI=1S/C24H34N6O2/c1-20-25-27-30(26-20)19-21-8-7-9-22(18-21)32-17-6-5-12-28-13-15-29(16-14-28)23-10-3-4-11-24(23)31-2/h3-4,7-11,18,27H,5-6,12-17,19H2,1-2H3,(H,25,26). The summed E-state index contributed by atoms with van der Waals surface area (Å²) in [5.41, 5.74) is 8.34. The van der Waals surface area contributed by atoms with E-state index in [0.29, 0.717) is 6.54 Å². The second kappa shape index (κ2) is 11.1. The summed E-state index contributed by atoms with van der Waals surface area (Å²) in [6.07, 6.45) is 2.20. The van der Waals surface area contributed by atoms with Gasteiger partial charge in [-0.25, -0.2) is 5.12 Å². The van der Waals surface area contributed by atoms with E-state index in [9.17, 15) is 0 Å². The van der Waals surface area contributed by atoms with Gasteiger partial charge in [-0.2, -0.15) is 0 Å². The Kier molecular flexibility index (Phi) is 7.68. The average Bonchev–Trinajstić information content (AvgIpc) is 3.24. The van der Waals surface area contributed by atoms with Crippen molar-refractivity contribution < 1.29 is 9.47 Å². The Hall–Kier alpha value is -2.97. The lowest BCUT2D eigenvalue weighted by molar-refractivity contribution is 0.196. The molecule has 0 aliphatic carbocycles. The van der Waals surface area contributed by atoms with Crippen LogP contribution in [0.5, 0.6) is 11.5 Å². The van der Waals surface area contributed by atoms with Crippen LogP contribution in [0.1, 0.15) is 25.3 Å². The van der Waals surface area contributed by atoms with Gasteiger partial charge in [0.05, 0.1) is 25.9 Å². The molecule has 0 unspecified atom stereocenters. The molecule has 4 rings (SSSR count). The Morgan fingerprint density at radius 2 is 1.84 bits per heavy atom.